The van der Waals surface area contributed by atoms with Crippen molar-refractivity contribution in [3.63, 3.8) is 0 Å². The highest BCUT2D eigenvalue weighted by Crippen LogP contribution is 2.23. The number of nitrogens with zero attached hydrogens (tertiary/aromatic N) is 1. The molecule has 1 N–H and O–H groups in total. The monoisotopic (exact) mass is 284 g/mol. The number of carbonyl (C=O) groups excluding carboxylic acids is 1. The van der Waals surface area contributed by atoms with E-state index < -0.39 is 17.3 Å². The van der Waals surface area contributed by atoms with Gasteiger partial charge in [0.25, 0.3) is 5.91 Å². The SMILES string of the molecule is CC1=NO[C@@](C)(CNC(=O)c2c(F)cccc2Cl)C1. The summed E-state index contributed by atoms with van der Waals surface area (Å²) in [6.07, 6.45) is 0.623. The minimum absolute atomic E-state index is 0.0856. The minimum atomic E-state index is -0.644. The normalized spacial score (nSPS) is 21.8. The van der Waals surface area contributed by atoms with Crippen LogP contribution in [-0.4, -0.2) is 23.8 Å². The van der Waals surface area contributed by atoms with Crippen molar-refractivity contribution in [3.05, 3.63) is 34.6 Å². The van der Waals surface area contributed by atoms with Crippen molar-refractivity contribution in [1.82, 2.24) is 5.32 Å². The van der Waals surface area contributed by atoms with E-state index >= 15 is 0 Å². The first-order valence-electron chi connectivity index (χ1n) is 5.85. The Morgan fingerprint density at radius 2 is 2.37 bits per heavy atom. The number of halogens is 2. The van der Waals surface area contributed by atoms with Gasteiger partial charge in [0.05, 0.1) is 22.8 Å². The lowest BCUT2D eigenvalue weighted by Gasteiger charge is -2.21. The van der Waals surface area contributed by atoms with Crippen LogP contribution in [0.15, 0.2) is 23.4 Å². The number of nitrogens with one attached hydrogen (secondary N) is 1. The van der Waals surface area contributed by atoms with Crippen LogP contribution >= 0.6 is 11.6 Å². The van der Waals surface area contributed by atoms with E-state index in [9.17, 15) is 9.18 Å². The van der Waals surface area contributed by atoms with Crippen LogP contribution in [0.4, 0.5) is 4.39 Å². The molecule has 0 saturated heterocycles. The van der Waals surface area contributed by atoms with Crippen LogP contribution in [0.1, 0.15) is 30.6 Å². The summed E-state index contributed by atoms with van der Waals surface area (Å²) < 4.78 is 13.6. The van der Waals surface area contributed by atoms with Gasteiger partial charge in [0.1, 0.15) is 5.82 Å². The van der Waals surface area contributed by atoms with Crippen molar-refractivity contribution in [3.8, 4) is 0 Å². The molecule has 0 radical (unpaired) electrons. The van der Waals surface area contributed by atoms with Crippen molar-refractivity contribution in [2.75, 3.05) is 6.54 Å². The van der Waals surface area contributed by atoms with E-state index in [1.54, 1.807) is 0 Å². The van der Waals surface area contributed by atoms with Gasteiger partial charge < -0.3 is 10.2 Å². The summed E-state index contributed by atoms with van der Waals surface area (Å²) in [6, 6.07) is 4.12. The van der Waals surface area contributed by atoms with Crippen molar-refractivity contribution in [2.45, 2.75) is 25.9 Å². The predicted octanol–water partition coefficient (Wildman–Crippen LogP) is 2.76. The fourth-order valence-corrected chi connectivity index (χ4v) is 2.21. The lowest BCUT2D eigenvalue weighted by molar-refractivity contribution is -0.00184. The van der Waals surface area contributed by atoms with E-state index in [0.29, 0.717) is 6.42 Å². The van der Waals surface area contributed by atoms with Crippen molar-refractivity contribution < 1.29 is 14.0 Å². The summed E-state index contributed by atoms with van der Waals surface area (Å²) in [5.41, 5.74) is 0.126. The largest absolute Gasteiger partial charge is 0.387 e. The predicted molar refractivity (Wildman–Crippen MR) is 71.0 cm³/mol. The summed E-state index contributed by atoms with van der Waals surface area (Å²) >= 11 is 5.82. The Bertz CT molecular complexity index is 527. The third-order valence-corrected chi connectivity index (χ3v) is 3.18. The van der Waals surface area contributed by atoms with E-state index in [0.717, 1.165) is 5.71 Å². The number of hydrogen-bond acceptors (Lipinski definition) is 3. The Labute approximate surface area is 115 Å². The molecule has 0 aromatic heterocycles. The minimum Gasteiger partial charge on any atom is -0.387 e. The highest BCUT2D eigenvalue weighted by Gasteiger charge is 2.33. The van der Waals surface area contributed by atoms with Gasteiger partial charge in [-0.2, -0.15) is 0 Å². The lowest BCUT2D eigenvalue weighted by atomic mass is 10.0. The summed E-state index contributed by atoms with van der Waals surface area (Å²) in [5.74, 6) is -1.20. The van der Waals surface area contributed by atoms with Gasteiger partial charge in [0, 0.05) is 6.42 Å². The van der Waals surface area contributed by atoms with Gasteiger partial charge >= 0.3 is 0 Å². The van der Waals surface area contributed by atoms with Gasteiger partial charge in [-0.1, -0.05) is 22.8 Å². The molecule has 0 saturated carbocycles. The molecule has 19 heavy (non-hydrogen) atoms. The maximum Gasteiger partial charge on any atom is 0.255 e. The molecule has 1 aliphatic heterocycles. The summed E-state index contributed by atoms with van der Waals surface area (Å²) in [6.45, 7) is 3.91. The van der Waals surface area contributed by atoms with Crippen molar-refractivity contribution >= 4 is 23.2 Å². The quantitative estimate of drug-likeness (QED) is 0.928. The first kappa shape index (κ1) is 13.8. The van der Waals surface area contributed by atoms with Gasteiger partial charge in [-0.15, -0.1) is 0 Å². The molecule has 102 valence electrons. The number of amides is 1. The molecule has 6 heteroatoms. The smallest absolute Gasteiger partial charge is 0.255 e. The molecule has 0 unspecified atom stereocenters. The topological polar surface area (TPSA) is 50.7 Å². The molecule has 1 heterocycles. The Morgan fingerprint density at radius 1 is 1.63 bits per heavy atom. The van der Waals surface area contributed by atoms with E-state index in [-0.39, 0.29) is 17.1 Å². The Kier molecular flexibility index (Phi) is 3.75. The number of benzene rings is 1. The third kappa shape index (κ3) is 3.04. The standard InChI is InChI=1S/C13H14ClFN2O2/c1-8-6-13(2,19-17-8)7-16-12(18)11-9(14)4-3-5-10(11)15/h3-5H,6-7H2,1-2H3,(H,16,18)/t13-/m1/s1. The van der Waals surface area contributed by atoms with E-state index in [1.165, 1.54) is 18.2 Å². The molecule has 1 atom stereocenters. The molecule has 0 fully saturated rings. The molecule has 0 bridgehead atoms. The second-order valence-electron chi connectivity index (χ2n) is 4.82. The van der Waals surface area contributed by atoms with Crippen LogP contribution in [0.25, 0.3) is 0 Å². The fourth-order valence-electron chi connectivity index (χ4n) is 1.96. The van der Waals surface area contributed by atoms with Gasteiger partial charge in [0.15, 0.2) is 5.60 Å². The third-order valence-electron chi connectivity index (χ3n) is 2.86. The molecular weight excluding hydrogens is 271 g/mol. The summed E-state index contributed by atoms with van der Waals surface area (Å²) in [4.78, 5) is 17.2. The lowest BCUT2D eigenvalue weighted by Crippen LogP contribution is -2.41. The highest BCUT2D eigenvalue weighted by molar-refractivity contribution is 6.33. The van der Waals surface area contributed by atoms with Gasteiger partial charge in [-0.05, 0) is 26.0 Å². The summed E-state index contributed by atoms with van der Waals surface area (Å²) in [7, 11) is 0. The van der Waals surface area contributed by atoms with Crippen LogP contribution in [-0.2, 0) is 4.84 Å². The van der Waals surface area contributed by atoms with E-state index in [1.807, 2.05) is 13.8 Å². The van der Waals surface area contributed by atoms with Gasteiger partial charge in [-0.3, -0.25) is 4.79 Å². The second kappa shape index (κ2) is 5.17. The molecule has 1 aromatic carbocycles. The van der Waals surface area contributed by atoms with Gasteiger partial charge in [-0.25, -0.2) is 4.39 Å². The zero-order valence-corrected chi connectivity index (χ0v) is 11.4. The molecular formula is C13H14ClFN2O2. The number of oxime groups is 1. The molecule has 1 aliphatic rings. The van der Waals surface area contributed by atoms with E-state index in [2.05, 4.69) is 10.5 Å². The maximum absolute atomic E-state index is 13.6. The van der Waals surface area contributed by atoms with Crippen LogP contribution < -0.4 is 5.32 Å². The van der Waals surface area contributed by atoms with Crippen molar-refractivity contribution in [2.24, 2.45) is 5.16 Å². The molecule has 2 rings (SSSR count). The fraction of sp³-hybridized carbons (Fsp3) is 0.385. The second-order valence-corrected chi connectivity index (χ2v) is 5.23. The Morgan fingerprint density at radius 3 is 2.95 bits per heavy atom. The van der Waals surface area contributed by atoms with Crippen LogP contribution in [0.2, 0.25) is 5.02 Å². The average Bonchev–Trinajstić information content (AvgIpc) is 2.67. The number of hydrogen-bond donors (Lipinski definition) is 1. The zero-order chi connectivity index (χ0) is 14.0. The van der Waals surface area contributed by atoms with E-state index in [4.69, 9.17) is 16.4 Å². The first-order valence-corrected chi connectivity index (χ1v) is 6.23. The molecule has 0 spiro atoms. The molecule has 0 aliphatic carbocycles. The maximum atomic E-state index is 13.6. The Balaban J connectivity index is 2.03. The van der Waals surface area contributed by atoms with Crippen LogP contribution in [0.5, 0.6) is 0 Å². The first-order chi connectivity index (χ1) is 8.91. The number of carbonyl (C=O) groups is 1. The highest BCUT2D eigenvalue weighted by atomic mass is 35.5. The van der Waals surface area contributed by atoms with Crippen molar-refractivity contribution in [1.29, 1.82) is 0 Å². The van der Waals surface area contributed by atoms with Crippen LogP contribution in [0.3, 0.4) is 0 Å². The molecule has 1 aromatic rings. The molecule has 4 nitrogen and oxygen atoms in total. The molecule has 1 amide bonds. The average molecular weight is 285 g/mol. The van der Waals surface area contributed by atoms with Gasteiger partial charge in [0.2, 0.25) is 0 Å². The summed E-state index contributed by atoms with van der Waals surface area (Å²) in [5, 5.41) is 6.55. The van der Waals surface area contributed by atoms with Crippen LogP contribution in [0, 0.1) is 5.82 Å². The zero-order valence-electron chi connectivity index (χ0n) is 10.7. The Hall–Kier alpha value is -1.62. The number of rotatable bonds is 3.